The average Bonchev–Trinajstić information content (AvgIpc) is 3.44. The minimum absolute atomic E-state index is 0.0511. The van der Waals surface area contributed by atoms with Crippen LogP contribution in [0.4, 0.5) is 5.69 Å². The van der Waals surface area contributed by atoms with Crippen molar-refractivity contribution in [3.05, 3.63) is 93.9 Å². The number of hydrogen-bond donors (Lipinski definition) is 1. The zero-order valence-electron chi connectivity index (χ0n) is 21.6. The zero-order chi connectivity index (χ0) is 28.0. The number of amides is 2. The summed E-state index contributed by atoms with van der Waals surface area (Å²) in [5, 5.41) is 3.52. The highest BCUT2D eigenvalue weighted by molar-refractivity contribution is 9.10. The maximum Gasteiger partial charge on any atom is 0.264 e. The van der Waals surface area contributed by atoms with E-state index in [2.05, 4.69) is 21.2 Å². The number of carbonyl (C=O) groups excluding carboxylic acids is 2. The van der Waals surface area contributed by atoms with Crippen molar-refractivity contribution >= 4 is 55.1 Å². The topological polar surface area (TPSA) is 86.8 Å². The number of halogens is 2. The molecule has 3 aromatic rings. The highest BCUT2D eigenvalue weighted by atomic mass is 79.9. The number of sulfonamides is 1. The Labute approximate surface area is 243 Å². The molecule has 0 spiro atoms. The van der Waals surface area contributed by atoms with Crippen molar-refractivity contribution in [2.45, 2.75) is 56.1 Å². The average molecular weight is 633 g/mol. The number of nitrogens with one attached hydrogen (secondary N) is 1. The van der Waals surface area contributed by atoms with Crippen molar-refractivity contribution in [3.63, 3.8) is 0 Å². The second kappa shape index (κ2) is 13.0. The van der Waals surface area contributed by atoms with Gasteiger partial charge in [0.05, 0.1) is 10.6 Å². The lowest BCUT2D eigenvalue weighted by Gasteiger charge is -2.32. The number of nitrogens with zero attached hydrogens (tertiary/aromatic N) is 2. The summed E-state index contributed by atoms with van der Waals surface area (Å²) in [6.07, 6.45) is 3.92. The van der Waals surface area contributed by atoms with Crippen LogP contribution in [0.15, 0.2) is 88.2 Å². The summed E-state index contributed by atoms with van der Waals surface area (Å²) >= 11 is 9.82. The van der Waals surface area contributed by atoms with E-state index < -0.39 is 28.5 Å². The third-order valence-corrected chi connectivity index (χ3v) is 9.52. The molecule has 1 N–H and O–H groups in total. The molecule has 0 unspecified atom stereocenters. The van der Waals surface area contributed by atoms with Gasteiger partial charge in [0.2, 0.25) is 11.8 Å². The molecule has 10 heteroatoms. The molecule has 0 aliphatic heterocycles. The molecule has 1 saturated carbocycles. The van der Waals surface area contributed by atoms with E-state index in [0.717, 1.165) is 30.0 Å². The highest BCUT2D eigenvalue weighted by Crippen LogP contribution is 2.27. The van der Waals surface area contributed by atoms with Crippen LogP contribution < -0.4 is 9.62 Å². The normalized spacial score (nSPS) is 14.5. The third kappa shape index (κ3) is 7.21. The Balaban J connectivity index is 1.69. The molecule has 39 heavy (non-hydrogen) atoms. The quantitative estimate of drug-likeness (QED) is 0.307. The molecular weight excluding hydrogens is 602 g/mol. The van der Waals surface area contributed by atoms with Gasteiger partial charge in [0, 0.05) is 22.1 Å². The summed E-state index contributed by atoms with van der Waals surface area (Å²) in [4.78, 5) is 28.7. The lowest BCUT2D eigenvalue weighted by Crippen LogP contribution is -2.52. The Bertz CT molecular complexity index is 1410. The fourth-order valence-electron chi connectivity index (χ4n) is 4.66. The molecule has 1 aliphatic rings. The first-order chi connectivity index (χ1) is 18.7. The molecule has 0 saturated heterocycles. The first kappa shape index (κ1) is 29.1. The lowest BCUT2D eigenvalue weighted by molar-refractivity contribution is -0.139. The van der Waals surface area contributed by atoms with Crippen LogP contribution in [0, 0.1) is 0 Å². The summed E-state index contributed by atoms with van der Waals surface area (Å²) in [5.74, 6) is -0.800. The molecule has 0 bridgehead atoms. The standard InChI is InChI=1S/C29H31BrClN3O4S/c1-21(29(36)32-24-12-6-7-13-24)33(19-22-10-5-8-17-27(22)31)28(35)20-34(25-14-9-11-23(30)18-25)39(37,38)26-15-3-2-4-16-26/h2-5,8-11,14-18,21,24H,6-7,12-13,19-20H2,1H3,(H,32,36)/t21-/m1/s1. The summed E-state index contributed by atoms with van der Waals surface area (Å²) in [6, 6.07) is 21.1. The van der Waals surface area contributed by atoms with Gasteiger partial charge in [0.25, 0.3) is 10.0 Å². The maximum atomic E-state index is 14.0. The van der Waals surface area contributed by atoms with Gasteiger partial charge in [-0.15, -0.1) is 0 Å². The molecule has 1 aliphatic carbocycles. The van der Waals surface area contributed by atoms with Gasteiger partial charge in [0.15, 0.2) is 0 Å². The van der Waals surface area contributed by atoms with Crippen molar-refractivity contribution in [2.24, 2.45) is 0 Å². The lowest BCUT2D eigenvalue weighted by atomic mass is 10.1. The van der Waals surface area contributed by atoms with Gasteiger partial charge in [-0.2, -0.15) is 0 Å². The molecular formula is C29H31BrClN3O4S. The smallest absolute Gasteiger partial charge is 0.264 e. The van der Waals surface area contributed by atoms with Crippen molar-refractivity contribution in [3.8, 4) is 0 Å². The van der Waals surface area contributed by atoms with Crippen LogP contribution in [0.3, 0.4) is 0 Å². The summed E-state index contributed by atoms with van der Waals surface area (Å²) in [6.45, 7) is 1.21. The zero-order valence-corrected chi connectivity index (χ0v) is 24.8. The molecule has 3 aromatic carbocycles. The van der Waals surface area contributed by atoms with Crippen LogP contribution in [0.1, 0.15) is 38.2 Å². The number of benzene rings is 3. The molecule has 7 nitrogen and oxygen atoms in total. The second-order valence-electron chi connectivity index (χ2n) is 9.58. The number of anilines is 1. The summed E-state index contributed by atoms with van der Waals surface area (Å²) in [5.41, 5.74) is 0.982. The minimum Gasteiger partial charge on any atom is -0.352 e. The minimum atomic E-state index is -4.11. The molecule has 4 rings (SSSR count). The van der Waals surface area contributed by atoms with E-state index in [0.29, 0.717) is 20.7 Å². The Hall–Kier alpha value is -2.88. The SMILES string of the molecule is C[C@H](C(=O)NC1CCCC1)N(Cc1ccccc1Cl)C(=O)CN(c1cccc(Br)c1)S(=O)(=O)c1ccccc1. The Morgan fingerprint density at radius 3 is 2.33 bits per heavy atom. The largest absolute Gasteiger partial charge is 0.352 e. The molecule has 0 heterocycles. The Kier molecular flexibility index (Phi) is 9.69. The molecule has 0 aromatic heterocycles. The molecule has 0 radical (unpaired) electrons. The first-order valence-corrected chi connectivity index (χ1v) is 15.4. The van der Waals surface area contributed by atoms with Crippen LogP contribution in [0.2, 0.25) is 5.02 Å². The van der Waals surface area contributed by atoms with Gasteiger partial charge in [0.1, 0.15) is 12.6 Å². The highest BCUT2D eigenvalue weighted by Gasteiger charge is 2.33. The van der Waals surface area contributed by atoms with Gasteiger partial charge >= 0.3 is 0 Å². The van der Waals surface area contributed by atoms with Crippen molar-refractivity contribution in [1.82, 2.24) is 10.2 Å². The fraction of sp³-hybridized carbons (Fsp3) is 0.310. The predicted molar refractivity (Wildman–Crippen MR) is 157 cm³/mol. The van der Waals surface area contributed by atoms with E-state index in [1.807, 2.05) is 0 Å². The maximum absolute atomic E-state index is 14.0. The Morgan fingerprint density at radius 2 is 1.67 bits per heavy atom. The van der Waals surface area contributed by atoms with Crippen molar-refractivity contribution < 1.29 is 18.0 Å². The number of hydrogen-bond acceptors (Lipinski definition) is 4. The van der Waals surface area contributed by atoms with Crippen molar-refractivity contribution in [2.75, 3.05) is 10.8 Å². The van der Waals surface area contributed by atoms with Crippen molar-refractivity contribution in [1.29, 1.82) is 0 Å². The third-order valence-electron chi connectivity index (χ3n) is 6.87. The van der Waals surface area contributed by atoms with E-state index in [9.17, 15) is 18.0 Å². The van der Waals surface area contributed by atoms with E-state index in [-0.39, 0.29) is 23.4 Å². The van der Waals surface area contributed by atoms with Gasteiger partial charge in [-0.05, 0) is 61.7 Å². The van der Waals surface area contributed by atoms with Crippen LogP contribution in [0.25, 0.3) is 0 Å². The van der Waals surface area contributed by atoms with E-state index >= 15 is 0 Å². The number of carbonyl (C=O) groups is 2. The Morgan fingerprint density at radius 1 is 1.00 bits per heavy atom. The van der Waals surface area contributed by atoms with Gasteiger partial charge in [-0.25, -0.2) is 8.42 Å². The van der Waals surface area contributed by atoms with Crippen LogP contribution in [-0.4, -0.2) is 43.8 Å². The van der Waals surface area contributed by atoms with E-state index in [4.69, 9.17) is 11.6 Å². The van der Waals surface area contributed by atoms with Gasteiger partial charge < -0.3 is 10.2 Å². The van der Waals surface area contributed by atoms with Crippen LogP contribution >= 0.6 is 27.5 Å². The second-order valence-corrected chi connectivity index (χ2v) is 12.8. The van der Waals surface area contributed by atoms with Crippen LogP contribution in [-0.2, 0) is 26.2 Å². The molecule has 1 atom stereocenters. The van der Waals surface area contributed by atoms with Gasteiger partial charge in [-0.1, -0.05) is 82.8 Å². The summed E-state index contributed by atoms with van der Waals surface area (Å²) in [7, 11) is -4.11. The predicted octanol–water partition coefficient (Wildman–Crippen LogP) is 5.77. The van der Waals surface area contributed by atoms with Crippen LogP contribution in [0.5, 0.6) is 0 Å². The van der Waals surface area contributed by atoms with E-state index in [1.54, 1.807) is 73.7 Å². The molecule has 2 amide bonds. The molecule has 206 valence electrons. The fourth-order valence-corrected chi connectivity index (χ4v) is 6.67. The molecule has 1 fully saturated rings. The number of rotatable bonds is 10. The monoisotopic (exact) mass is 631 g/mol. The van der Waals surface area contributed by atoms with E-state index in [1.165, 1.54) is 17.0 Å². The summed E-state index contributed by atoms with van der Waals surface area (Å²) < 4.78 is 29.3. The first-order valence-electron chi connectivity index (χ1n) is 12.8. The van der Waals surface area contributed by atoms with Gasteiger partial charge in [-0.3, -0.25) is 13.9 Å².